The molecule has 1 heterocycles. The largest absolute Gasteiger partial charge is 0.326 e. The van der Waals surface area contributed by atoms with Gasteiger partial charge >= 0.3 is 0 Å². The highest BCUT2D eigenvalue weighted by Gasteiger charge is 2.77. The summed E-state index contributed by atoms with van der Waals surface area (Å²) in [6.07, 6.45) is 2.39. The van der Waals surface area contributed by atoms with Crippen LogP contribution in [0.4, 0.5) is 0 Å². The second kappa shape index (κ2) is 1.76. The van der Waals surface area contributed by atoms with Crippen molar-refractivity contribution in [1.29, 1.82) is 0 Å². The molecule has 0 radical (unpaired) electrons. The maximum atomic E-state index is 11.3. The van der Waals surface area contributed by atoms with Crippen LogP contribution in [-0.2, 0) is 4.79 Å². The predicted molar refractivity (Wildman–Crippen MR) is 46.7 cm³/mol. The van der Waals surface area contributed by atoms with E-state index in [1.807, 2.05) is 4.90 Å². The minimum Gasteiger partial charge on any atom is -0.326 e. The summed E-state index contributed by atoms with van der Waals surface area (Å²) in [7, 11) is 0. The molecule has 1 aliphatic carbocycles. The van der Waals surface area contributed by atoms with Crippen molar-refractivity contribution in [3.63, 3.8) is 0 Å². The van der Waals surface area contributed by atoms with E-state index < -0.39 is 0 Å². The van der Waals surface area contributed by atoms with Gasteiger partial charge in [-0.1, -0.05) is 0 Å². The molecule has 1 spiro atoms. The van der Waals surface area contributed by atoms with E-state index in [1.54, 1.807) is 0 Å². The Bertz CT molecular complexity index is 216. The zero-order valence-electron chi connectivity index (χ0n) is 6.92. The third-order valence-corrected chi connectivity index (χ3v) is 3.45. The van der Waals surface area contributed by atoms with Gasteiger partial charge in [0.1, 0.15) is 0 Å². The maximum absolute atomic E-state index is 11.3. The second-order valence-corrected chi connectivity index (χ2v) is 4.29. The topological polar surface area (TPSA) is 20.1 Å². The molecule has 0 atom stereocenters. The highest BCUT2D eigenvalue weighted by molar-refractivity contribution is 7.81. The van der Waals surface area contributed by atoms with Crippen molar-refractivity contribution < 1.29 is 4.79 Å². The van der Waals surface area contributed by atoms with Gasteiger partial charge < -0.3 is 4.90 Å². The fraction of sp³-hybridized carbons (Fsp3) is 0.875. The molecule has 2 aliphatic rings. The molecule has 0 aromatic heterocycles. The number of hydrogen-bond acceptors (Lipinski definition) is 2. The van der Waals surface area contributed by atoms with Gasteiger partial charge in [0.15, 0.2) is 0 Å². The van der Waals surface area contributed by atoms with Gasteiger partial charge in [-0.05, 0) is 26.7 Å². The molecule has 0 aromatic carbocycles. The SMILES string of the molecule is CC1(C)N(C(=O)CS)C12CC2. The molecule has 2 rings (SSSR count). The highest BCUT2D eigenvalue weighted by atomic mass is 32.1. The highest BCUT2D eigenvalue weighted by Crippen LogP contribution is 2.66. The minimum atomic E-state index is 0.132. The molecule has 1 saturated carbocycles. The lowest BCUT2D eigenvalue weighted by Gasteiger charge is -2.02. The first-order valence-electron chi connectivity index (χ1n) is 4.00. The van der Waals surface area contributed by atoms with Crippen LogP contribution in [0.3, 0.4) is 0 Å². The van der Waals surface area contributed by atoms with Crippen molar-refractivity contribution in [3.05, 3.63) is 0 Å². The van der Waals surface area contributed by atoms with Gasteiger partial charge in [0.2, 0.25) is 5.91 Å². The lowest BCUT2D eigenvalue weighted by molar-refractivity contribution is -0.124. The van der Waals surface area contributed by atoms with E-state index in [2.05, 4.69) is 26.5 Å². The Hall–Kier alpha value is -0.180. The Morgan fingerprint density at radius 2 is 2.09 bits per heavy atom. The van der Waals surface area contributed by atoms with Gasteiger partial charge in [-0.15, -0.1) is 0 Å². The molecule has 0 bridgehead atoms. The summed E-state index contributed by atoms with van der Waals surface area (Å²) in [4.78, 5) is 13.3. The molecule has 0 N–H and O–H groups in total. The van der Waals surface area contributed by atoms with Crippen LogP contribution in [0.1, 0.15) is 26.7 Å². The van der Waals surface area contributed by atoms with Crippen molar-refractivity contribution in [2.75, 3.05) is 5.75 Å². The standard InChI is InChI=1S/C8H13NOS/c1-7(2)8(3-4-8)9(7)6(10)5-11/h11H,3-5H2,1-2H3. The number of amides is 1. The minimum absolute atomic E-state index is 0.132. The Morgan fingerprint density at radius 1 is 1.55 bits per heavy atom. The zero-order chi connectivity index (χ0) is 8.28. The van der Waals surface area contributed by atoms with Crippen LogP contribution in [0.5, 0.6) is 0 Å². The molecular formula is C8H13NOS. The number of thiol groups is 1. The molecule has 0 unspecified atom stereocenters. The van der Waals surface area contributed by atoms with Crippen LogP contribution in [0.2, 0.25) is 0 Å². The summed E-state index contributed by atoms with van der Waals surface area (Å²) < 4.78 is 0. The Balaban J connectivity index is 2.15. The monoisotopic (exact) mass is 171 g/mol. The van der Waals surface area contributed by atoms with Gasteiger partial charge in [0.25, 0.3) is 0 Å². The van der Waals surface area contributed by atoms with Gasteiger partial charge in [-0.25, -0.2) is 0 Å². The molecular weight excluding hydrogens is 158 g/mol. The number of hydrogen-bond donors (Lipinski definition) is 1. The average Bonchev–Trinajstić information content (AvgIpc) is 2.76. The molecule has 1 aliphatic heterocycles. The molecule has 11 heavy (non-hydrogen) atoms. The lowest BCUT2D eigenvalue weighted by Crippen LogP contribution is -2.19. The maximum Gasteiger partial charge on any atom is 0.233 e. The number of nitrogens with zero attached hydrogens (tertiary/aromatic N) is 1. The van der Waals surface area contributed by atoms with Crippen LogP contribution in [0, 0.1) is 0 Å². The van der Waals surface area contributed by atoms with Crippen molar-refractivity contribution >= 4 is 18.5 Å². The first kappa shape index (κ1) is 7.47. The molecule has 2 fully saturated rings. The van der Waals surface area contributed by atoms with E-state index in [0.717, 1.165) is 0 Å². The number of carbonyl (C=O) groups is 1. The zero-order valence-corrected chi connectivity index (χ0v) is 7.82. The Kier molecular flexibility index (Phi) is 1.20. The van der Waals surface area contributed by atoms with Crippen LogP contribution >= 0.6 is 12.6 Å². The molecule has 1 saturated heterocycles. The van der Waals surface area contributed by atoms with Crippen LogP contribution in [-0.4, -0.2) is 27.6 Å². The van der Waals surface area contributed by atoms with E-state index in [4.69, 9.17) is 0 Å². The second-order valence-electron chi connectivity index (χ2n) is 3.98. The normalized spacial score (nSPS) is 28.8. The van der Waals surface area contributed by atoms with E-state index in [0.29, 0.717) is 5.75 Å². The quantitative estimate of drug-likeness (QED) is 0.462. The smallest absolute Gasteiger partial charge is 0.233 e. The van der Waals surface area contributed by atoms with Crippen molar-refractivity contribution in [2.45, 2.75) is 37.8 Å². The number of rotatable bonds is 1. The molecule has 2 nitrogen and oxygen atoms in total. The first-order chi connectivity index (χ1) is 5.06. The van der Waals surface area contributed by atoms with Crippen LogP contribution < -0.4 is 0 Å². The van der Waals surface area contributed by atoms with Crippen LogP contribution in [0.15, 0.2) is 0 Å². The fourth-order valence-electron chi connectivity index (χ4n) is 2.30. The van der Waals surface area contributed by atoms with Crippen molar-refractivity contribution in [2.24, 2.45) is 0 Å². The van der Waals surface area contributed by atoms with Gasteiger partial charge in [-0.2, -0.15) is 12.6 Å². The summed E-state index contributed by atoms with van der Waals surface area (Å²) in [6, 6.07) is 0. The van der Waals surface area contributed by atoms with E-state index in [9.17, 15) is 4.79 Å². The van der Waals surface area contributed by atoms with E-state index >= 15 is 0 Å². The molecule has 1 amide bonds. The summed E-state index contributed by atoms with van der Waals surface area (Å²) in [6.45, 7) is 4.28. The summed E-state index contributed by atoms with van der Waals surface area (Å²) in [5.41, 5.74) is 0.402. The van der Waals surface area contributed by atoms with Gasteiger partial charge in [0.05, 0.1) is 16.8 Å². The number of carbonyl (C=O) groups excluding carboxylic acids is 1. The predicted octanol–water partition coefficient (Wildman–Crippen LogP) is 1.07. The Labute approximate surface area is 72.4 Å². The van der Waals surface area contributed by atoms with Crippen molar-refractivity contribution in [1.82, 2.24) is 4.90 Å². The fourth-order valence-corrected chi connectivity index (χ4v) is 2.44. The van der Waals surface area contributed by atoms with E-state index in [1.165, 1.54) is 12.8 Å². The molecule has 62 valence electrons. The molecule has 3 heteroatoms. The summed E-state index contributed by atoms with van der Waals surface area (Å²) >= 11 is 3.99. The lowest BCUT2D eigenvalue weighted by atomic mass is 10.1. The Morgan fingerprint density at radius 3 is 2.36 bits per heavy atom. The third-order valence-electron chi connectivity index (χ3n) is 3.18. The van der Waals surface area contributed by atoms with Gasteiger partial charge in [-0.3, -0.25) is 4.79 Å². The molecule has 0 aromatic rings. The summed E-state index contributed by atoms with van der Waals surface area (Å²) in [5, 5.41) is 0. The van der Waals surface area contributed by atoms with Gasteiger partial charge in [0, 0.05) is 0 Å². The third kappa shape index (κ3) is 0.675. The van der Waals surface area contributed by atoms with Crippen molar-refractivity contribution in [3.8, 4) is 0 Å². The average molecular weight is 171 g/mol. The van der Waals surface area contributed by atoms with Crippen LogP contribution in [0.25, 0.3) is 0 Å². The van der Waals surface area contributed by atoms with E-state index in [-0.39, 0.29) is 17.0 Å². The summed E-state index contributed by atoms with van der Waals surface area (Å²) in [5.74, 6) is 0.543. The first-order valence-corrected chi connectivity index (χ1v) is 4.63.